The predicted molar refractivity (Wildman–Crippen MR) is 128 cm³/mol. The van der Waals surface area contributed by atoms with E-state index in [-0.39, 0.29) is 16.7 Å². The molecule has 0 aliphatic carbocycles. The largest absolute Gasteiger partial charge is 0.507 e. The summed E-state index contributed by atoms with van der Waals surface area (Å²) in [4.78, 5) is 27.7. The Balaban J connectivity index is 1.91. The standard InChI is InChI=1S/C28H29NO3/c1-5-17-29-24(19-13-15-20(16-14-19)28(2,3)4)23(26(31)27(29)32)25(30)22-12-8-10-18-9-6-7-11-21(18)22/h6-16,24,30H,5,17H2,1-4H3/b25-23-. The molecule has 1 aliphatic rings. The molecule has 0 aromatic heterocycles. The third kappa shape index (κ3) is 3.70. The van der Waals surface area contributed by atoms with Crippen LogP contribution in [0.25, 0.3) is 16.5 Å². The summed E-state index contributed by atoms with van der Waals surface area (Å²) in [7, 11) is 0. The summed E-state index contributed by atoms with van der Waals surface area (Å²) in [5.41, 5.74) is 2.71. The predicted octanol–water partition coefficient (Wildman–Crippen LogP) is 5.97. The number of benzene rings is 3. The lowest BCUT2D eigenvalue weighted by Gasteiger charge is -2.26. The van der Waals surface area contributed by atoms with E-state index in [2.05, 4.69) is 20.8 Å². The van der Waals surface area contributed by atoms with Gasteiger partial charge in [0.15, 0.2) is 0 Å². The zero-order valence-corrected chi connectivity index (χ0v) is 19.1. The lowest BCUT2D eigenvalue weighted by atomic mass is 9.85. The number of fused-ring (bicyclic) bond motifs is 1. The third-order valence-corrected chi connectivity index (χ3v) is 6.14. The number of hydrogen-bond acceptors (Lipinski definition) is 3. The van der Waals surface area contributed by atoms with Gasteiger partial charge in [-0.2, -0.15) is 0 Å². The van der Waals surface area contributed by atoms with Crippen molar-refractivity contribution in [2.24, 2.45) is 0 Å². The second kappa shape index (κ2) is 8.27. The molecule has 1 aliphatic heterocycles. The van der Waals surface area contributed by atoms with Crippen LogP contribution < -0.4 is 0 Å². The summed E-state index contributed by atoms with van der Waals surface area (Å²) in [6, 6.07) is 20.7. The first kappa shape index (κ1) is 21.8. The van der Waals surface area contributed by atoms with Crippen LogP contribution in [0.3, 0.4) is 0 Å². The number of ketones is 1. The van der Waals surface area contributed by atoms with E-state index in [9.17, 15) is 14.7 Å². The monoisotopic (exact) mass is 427 g/mol. The number of rotatable bonds is 4. The Labute approximate surface area is 189 Å². The van der Waals surface area contributed by atoms with Crippen molar-refractivity contribution in [1.29, 1.82) is 0 Å². The van der Waals surface area contributed by atoms with Crippen LogP contribution in [0, 0.1) is 0 Å². The van der Waals surface area contributed by atoms with E-state index in [0.29, 0.717) is 12.1 Å². The zero-order chi connectivity index (χ0) is 23.0. The van der Waals surface area contributed by atoms with E-state index in [1.165, 1.54) is 5.56 Å². The van der Waals surface area contributed by atoms with E-state index >= 15 is 0 Å². The second-order valence-corrected chi connectivity index (χ2v) is 9.39. The van der Waals surface area contributed by atoms with Gasteiger partial charge in [-0.25, -0.2) is 0 Å². The smallest absolute Gasteiger partial charge is 0.295 e. The van der Waals surface area contributed by atoms with Gasteiger partial charge in [0.1, 0.15) is 5.76 Å². The minimum Gasteiger partial charge on any atom is -0.507 e. The highest BCUT2D eigenvalue weighted by atomic mass is 16.3. The van der Waals surface area contributed by atoms with Crippen molar-refractivity contribution in [2.45, 2.75) is 45.6 Å². The molecule has 3 aromatic carbocycles. The molecule has 1 heterocycles. The molecule has 0 bridgehead atoms. The summed E-state index contributed by atoms with van der Waals surface area (Å²) in [6.07, 6.45) is 0.720. The number of nitrogens with zero attached hydrogens (tertiary/aromatic N) is 1. The molecule has 4 rings (SSSR count). The number of carbonyl (C=O) groups excluding carboxylic acids is 2. The van der Waals surface area contributed by atoms with Crippen molar-refractivity contribution in [3.63, 3.8) is 0 Å². The maximum absolute atomic E-state index is 13.1. The molecule has 1 amide bonds. The van der Waals surface area contributed by atoms with E-state index in [4.69, 9.17) is 0 Å². The molecule has 0 saturated carbocycles. The Morgan fingerprint density at radius 3 is 2.25 bits per heavy atom. The molecule has 0 spiro atoms. The maximum atomic E-state index is 13.1. The van der Waals surface area contributed by atoms with Gasteiger partial charge in [0.25, 0.3) is 11.7 Å². The lowest BCUT2D eigenvalue weighted by molar-refractivity contribution is -0.139. The minimum atomic E-state index is -0.631. The van der Waals surface area contributed by atoms with Crippen LogP contribution in [-0.2, 0) is 15.0 Å². The summed E-state index contributed by atoms with van der Waals surface area (Å²) in [6.45, 7) is 8.86. The number of Topliss-reactive ketones (excluding diaryl/α,β-unsaturated/α-hetero) is 1. The first-order valence-corrected chi connectivity index (χ1v) is 11.1. The molecular weight excluding hydrogens is 398 g/mol. The summed E-state index contributed by atoms with van der Waals surface area (Å²) in [5, 5.41) is 13.2. The molecule has 4 heteroatoms. The van der Waals surface area contributed by atoms with Crippen LogP contribution in [0.5, 0.6) is 0 Å². The van der Waals surface area contributed by atoms with E-state index in [0.717, 1.165) is 22.8 Å². The van der Waals surface area contributed by atoms with E-state index in [1.54, 1.807) is 11.0 Å². The van der Waals surface area contributed by atoms with Crippen molar-refractivity contribution in [3.05, 3.63) is 89.0 Å². The molecule has 1 atom stereocenters. The quantitative estimate of drug-likeness (QED) is 0.317. The van der Waals surface area contributed by atoms with Gasteiger partial charge in [0.2, 0.25) is 0 Å². The molecule has 0 radical (unpaired) electrons. The van der Waals surface area contributed by atoms with Gasteiger partial charge in [-0.15, -0.1) is 0 Å². The van der Waals surface area contributed by atoms with Crippen molar-refractivity contribution < 1.29 is 14.7 Å². The van der Waals surface area contributed by atoms with Gasteiger partial charge in [-0.3, -0.25) is 9.59 Å². The molecular formula is C28H29NO3. The molecule has 32 heavy (non-hydrogen) atoms. The van der Waals surface area contributed by atoms with Crippen LogP contribution in [0.15, 0.2) is 72.3 Å². The Hall–Kier alpha value is -3.40. The Kier molecular flexibility index (Phi) is 5.64. The Bertz CT molecular complexity index is 1210. The first-order chi connectivity index (χ1) is 15.2. The number of hydrogen-bond donors (Lipinski definition) is 1. The van der Waals surface area contributed by atoms with Crippen LogP contribution in [0.1, 0.15) is 56.8 Å². The number of carbonyl (C=O) groups is 2. The van der Waals surface area contributed by atoms with Crippen LogP contribution in [0.4, 0.5) is 0 Å². The molecule has 1 saturated heterocycles. The van der Waals surface area contributed by atoms with Gasteiger partial charge in [0, 0.05) is 12.1 Å². The summed E-state index contributed by atoms with van der Waals surface area (Å²) >= 11 is 0. The highest BCUT2D eigenvalue weighted by Crippen LogP contribution is 2.41. The highest BCUT2D eigenvalue weighted by Gasteiger charge is 2.45. The fourth-order valence-corrected chi connectivity index (χ4v) is 4.44. The molecule has 164 valence electrons. The molecule has 1 N–H and O–H groups in total. The van der Waals surface area contributed by atoms with Crippen molar-refractivity contribution in [2.75, 3.05) is 6.54 Å². The normalized spacial score (nSPS) is 18.5. The fraction of sp³-hybridized carbons (Fsp3) is 0.286. The molecule has 1 unspecified atom stereocenters. The summed E-state index contributed by atoms with van der Waals surface area (Å²) in [5.74, 6) is -1.31. The summed E-state index contributed by atoms with van der Waals surface area (Å²) < 4.78 is 0. The first-order valence-electron chi connectivity index (χ1n) is 11.1. The average molecular weight is 428 g/mol. The van der Waals surface area contributed by atoms with Crippen molar-refractivity contribution in [1.82, 2.24) is 4.90 Å². The topological polar surface area (TPSA) is 57.6 Å². The number of amides is 1. The van der Waals surface area contributed by atoms with Crippen LogP contribution >= 0.6 is 0 Å². The minimum absolute atomic E-state index is 0.00723. The van der Waals surface area contributed by atoms with Crippen molar-refractivity contribution >= 4 is 28.2 Å². The van der Waals surface area contributed by atoms with Gasteiger partial charge in [-0.1, -0.05) is 94.4 Å². The van der Waals surface area contributed by atoms with Gasteiger partial charge in [-0.05, 0) is 33.7 Å². The third-order valence-electron chi connectivity index (χ3n) is 6.14. The Morgan fingerprint density at radius 2 is 1.59 bits per heavy atom. The van der Waals surface area contributed by atoms with Crippen molar-refractivity contribution in [3.8, 4) is 0 Å². The van der Waals surface area contributed by atoms with Gasteiger partial charge in [0.05, 0.1) is 11.6 Å². The van der Waals surface area contributed by atoms with Gasteiger partial charge < -0.3 is 10.0 Å². The maximum Gasteiger partial charge on any atom is 0.295 e. The SMILES string of the molecule is CCCN1C(=O)C(=O)/C(=C(\O)c2cccc3ccccc23)C1c1ccc(C(C)(C)C)cc1. The molecule has 1 fully saturated rings. The molecule has 3 aromatic rings. The molecule has 4 nitrogen and oxygen atoms in total. The lowest BCUT2D eigenvalue weighted by Crippen LogP contribution is -2.30. The number of aliphatic hydroxyl groups is 1. The fourth-order valence-electron chi connectivity index (χ4n) is 4.44. The van der Waals surface area contributed by atoms with E-state index in [1.807, 2.05) is 67.6 Å². The van der Waals surface area contributed by atoms with E-state index < -0.39 is 17.7 Å². The highest BCUT2D eigenvalue weighted by molar-refractivity contribution is 6.46. The average Bonchev–Trinajstić information content (AvgIpc) is 3.03. The zero-order valence-electron chi connectivity index (χ0n) is 19.1. The number of likely N-dealkylation sites (tertiary alicyclic amines) is 1. The van der Waals surface area contributed by atoms with Crippen LogP contribution in [-0.4, -0.2) is 28.2 Å². The Morgan fingerprint density at radius 1 is 0.938 bits per heavy atom. The second-order valence-electron chi connectivity index (χ2n) is 9.39. The van der Waals surface area contributed by atoms with Gasteiger partial charge >= 0.3 is 0 Å². The number of aliphatic hydroxyl groups excluding tert-OH is 1. The van der Waals surface area contributed by atoms with Crippen LogP contribution in [0.2, 0.25) is 0 Å².